The van der Waals surface area contributed by atoms with Gasteiger partial charge in [-0.3, -0.25) is 0 Å². The van der Waals surface area contributed by atoms with Gasteiger partial charge in [-0.15, -0.1) is 0 Å². The fourth-order valence-electron chi connectivity index (χ4n) is 1.25. The summed E-state index contributed by atoms with van der Waals surface area (Å²) in [4.78, 5) is 3.87. The number of aromatic nitrogens is 3. The molecule has 0 saturated carbocycles. The van der Waals surface area contributed by atoms with Gasteiger partial charge in [0.1, 0.15) is 12.7 Å². The average Bonchev–Trinajstić information content (AvgIpc) is 2.71. The summed E-state index contributed by atoms with van der Waals surface area (Å²) < 4.78 is 1.67. The van der Waals surface area contributed by atoms with E-state index in [2.05, 4.69) is 10.1 Å². The summed E-state index contributed by atoms with van der Waals surface area (Å²) in [5, 5.41) is 4.02. The van der Waals surface area contributed by atoms with Crippen molar-refractivity contribution in [1.29, 1.82) is 0 Å². The molecular formula is C9H11N5. The van der Waals surface area contributed by atoms with Crippen LogP contribution in [0.3, 0.4) is 0 Å². The summed E-state index contributed by atoms with van der Waals surface area (Å²) in [7, 11) is 0. The smallest absolute Gasteiger partial charge is 0.138 e. The molecule has 0 unspecified atom stereocenters. The topological polar surface area (TPSA) is 82.8 Å². The van der Waals surface area contributed by atoms with E-state index in [4.69, 9.17) is 11.5 Å². The highest BCUT2D eigenvalue weighted by molar-refractivity contribution is 5.52. The lowest BCUT2D eigenvalue weighted by Crippen LogP contribution is -2.03. The molecule has 4 N–H and O–H groups in total. The Balaban J connectivity index is 2.46. The first kappa shape index (κ1) is 8.71. The van der Waals surface area contributed by atoms with Gasteiger partial charge in [0.15, 0.2) is 0 Å². The quantitative estimate of drug-likeness (QED) is 0.666. The Morgan fingerprint density at radius 2 is 2.21 bits per heavy atom. The van der Waals surface area contributed by atoms with Crippen LogP contribution in [0.4, 0.5) is 5.69 Å². The van der Waals surface area contributed by atoms with E-state index in [1.165, 1.54) is 6.33 Å². The molecule has 5 heteroatoms. The van der Waals surface area contributed by atoms with Crippen LogP contribution in [0, 0.1) is 0 Å². The van der Waals surface area contributed by atoms with Crippen LogP contribution in [0.2, 0.25) is 0 Å². The predicted molar refractivity (Wildman–Crippen MR) is 53.7 cm³/mol. The second-order valence-corrected chi connectivity index (χ2v) is 2.93. The maximum Gasteiger partial charge on any atom is 0.138 e. The highest BCUT2D eigenvalue weighted by Crippen LogP contribution is 2.15. The van der Waals surface area contributed by atoms with Gasteiger partial charge in [-0.25, -0.2) is 9.67 Å². The highest BCUT2D eigenvalue weighted by atomic mass is 15.3. The normalized spacial score (nSPS) is 10.4. The van der Waals surface area contributed by atoms with Crippen LogP contribution in [-0.2, 0) is 6.54 Å². The second kappa shape index (κ2) is 3.47. The molecule has 0 amide bonds. The number of nitrogen functional groups attached to an aromatic ring is 1. The number of rotatable bonds is 2. The molecule has 2 rings (SSSR count). The van der Waals surface area contributed by atoms with E-state index in [0.29, 0.717) is 12.2 Å². The number of nitrogens with two attached hydrogens (primary N) is 2. The summed E-state index contributed by atoms with van der Waals surface area (Å²) in [5.74, 6) is 0. The predicted octanol–water partition coefficient (Wildman–Crippen LogP) is 0.308. The van der Waals surface area contributed by atoms with Gasteiger partial charge in [0.05, 0.1) is 5.69 Å². The molecule has 0 spiro atoms. The summed E-state index contributed by atoms with van der Waals surface area (Å²) >= 11 is 0. The van der Waals surface area contributed by atoms with E-state index in [9.17, 15) is 0 Å². The van der Waals surface area contributed by atoms with E-state index in [-0.39, 0.29) is 0 Å². The largest absolute Gasteiger partial charge is 0.398 e. The zero-order valence-electron chi connectivity index (χ0n) is 7.59. The van der Waals surface area contributed by atoms with Gasteiger partial charge in [-0.2, -0.15) is 5.10 Å². The third-order valence-corrected chi connectivity index (χ3v) is 2.03. The molecule has 0 radical (unpaired) electrons. The Bertz CT molecular complexity index is 421. The Morgan fingerprint density at radius 3 is 2.86 bits per heavy atom. The fourth-order valence-corrected chi connectivity index (χ4v) is 1.25. The fraction of sp³-hybridized carbons (Fsp3) is 0.111. The summed E-state index contributed by atoms with van der Waals surface area (Å²) in [6.07, 6.45) is 3.12. The highest BCUT2D eigenvalue weighted by Gasteiger charge is 2.01. The van der Waals surface area contributed by atoms with Crippen molar-refractivity contribution < 1.29 is 0 Å². The SMILES string of the molecule is NCc1cc(-n2cncn2)ccc1N. The standard InChI is InChI=1S/C9H11N5/c10-4-7-3-8(1-2-9(7)11)14-6-12-5-13-14/h1-3,5-6H,4,10-11H2. The Morgan fingerprint density at radius 1 is 1.36 bits per heavy atom. The van der Waals surface area contributed by atoms with Crippen molar-refractivity contribution in [1.82, 2.24) is 14.8 Å². The van der Waals surface area contributed by atoms with Crippen LogP contribution in [-0.4, -0.2) is 14.8 Å². The number of anilines is 1. The molecule has 0 aliphatic rings. The molecule has 0 saturated heterocycles. The van der Waals surface area contributed by atoms with Crippen LogP contribution >= 0.6 is 0 Å². The van der Waals surface area contributed by atoms with Crippen molar-refractivity contribution >= 4 is 5.69 Å². The van der Waals surface area contributed by atoms with Gasteiger partial charge >= 0.3 is 0 Å². The van der Waals surface area contributed by atoms with Crippen molar-refractivity contribution in [2.24, 2.45) is 5.73 Å². The van der Waals surface area contributed by atoms with Crippen LogP contribution in [0.1, 0.15) is 5.56 Å². The molecule has 0 aliphatic heterocycles. The first-order valence-corrected chi connectivity index (χ1v) is 4.24. The molecule has 14 heavy (non-hydrogen) atoms. The monoisotopic (exact) mass is 189 g/mol. The van der Waals surface area contributed by atoms with Gasteiger partial charge in [0.2, 0.25) is 0 Å². The minimum absolute atomic E-state index is 0.425. The summed E-state index contributed by atoms with van der Waals surface area (Å²) in [6, 6.07) is 5.60. The molecule has 72 valence electrons. The summed E-state index contributed by atoms with van der Waals surface area (Å²) in [6.45, 7) is 0.425. The number of hydrogen-bond donors (Lipinski definition) is 2. The molecule has 0 bridgehead atoms. The average molecular weight is 189 g/mol. The molecular weight excluding hydrogens is 178 g/mol. The second-order valence-electron chi connectivity index (χ2n) is 2.93. The maximum atomic E-state index is 5.73. The Hall–Kier alpha value is -1.88. The molecule has 5 nitrogen and oxygen atoms in total. The first-order valence-electron chi connectivity index (χ1n) is 4.24. The van der Waals surface area contributed by atoms with Crippen molar-refractivity contribution in [2.45, 2.75) is 6.54 Å². The minimum atomic E-state index is 0.425. The lowest BCUT2D eigenvalue weighted by Gasteiger charge is -2.05. The van der Waals surface area contributed by atoms with Gasteiger partial charge in [0, 0.05) is 12.2 Å². The zero-order chi connectivity index (χ0) is 9.97. The lowest BCUT2D eigenvalue weighted by atomic mass is 10.1. The van der Waals surface area contributed by atoms with Crippen LogP contribution < -0.4 is 11.5 Å². The zero-order valence-corrected chi connectivity index (χ0v) is 7.59. The minimum Gasteiger partial charge on any atom is -0.398 e. The Kier molecular flexibility index (Phi) is 2.16. The van der Waals surface area contributed by atoms with Gasteiger partial charge in [-0.05, 0) is 23.8 Å². The van der Waals surface area contributed by atoms with Gasteiger partial charge in [0.25, 0.3) is 0 Å². The van der Waals surface area contributed by atoms with Crippen molar-refractivity contribution in [3.8, 4) is 5.69 Å². The maximum absolute atomic E-state index is 5.73. The van der Waals surface area contributed by atoms with E-state index < -0.39 is 0 Å². The molecule has 0 aliphatic carbocycles. The van der Waals surface area contributed by atoms with E-state index in [1.807, 2.05) is 18.2 Å². The van der Waals surface area contributed by atoms with E-state index in [0.717, 1.165) is 11.3 Å². The third kappa shape index (κ3) is 1.45. The van der Waals surface area contributed by atoms with E-state index >= 15 is 0 Å². The molecule has 0 atom stereocenters. The van der Waals surface area contributed by atoms with Crippen LogP contribution in [0.5, 0.6) is 0 Å². The van der Waals surface area contributed by atoms with Gasteiger partial charge in [-0.1, -0.05) is 0 Å². The molecule has 1 heterocycles. The molecule has 2 aromatic rings. The van der Waals surface area contributed by atoms with Crippen molar-refractivity contribution in [3.63, 3.8) is 0 Å². The lowest BCUT2D eigenvalue weighted by molar-refractivity contribution is 0.875. The third-order valence-electron chi connectivity index (χ3n) is 2.03. The molecule has 1 aromatic heterocycles. The number of benzene rings is 1. The number of nitrogens with zero attached hydrogens (tertiary/aromatic N) is 3. The first-order chi connectivity index (χ1) is 6.81. The van der Waals surface area contributed by atoms with Crippen LogP contribution in [0.15, 0.2) is 30.9 Å². The van der Waals surface area contributed by atoms with Gasteiger partial charge < -0.3 is 11.5 Å². The summed E-state index contributed by atoms with van der Waals surface area (Å²) in [5.41, 5.74) is 13.8. The number of hydrogen-bond acceptors (Lipinski definition) is 4. The van der Waals surface area contributed by atoms with E-state index in [1.54, 1.807) is 11.0 Å². The van der Waals surface area contributed by atoms with Crippen molar-refractivity contribution in [3.05, 3.63) is 36.4 Å². The molecule has 1 aromatic carbocycles. The Labute approximate surface area is 81.4 Å². The van der Waals surface area contributed by atoms with Crippen LogP contribution in [0.25, 0.3) is 5.69 Å². The molecule has 0 fully saturated rings. The van der Waals surface area contributed by atoms with Crippen molar-refractivity contribution in [2.75, 3.05) is 5.73 Å².